The van der Waals surface area contributed by atoms with Crippen molar-refractivity contribution in [1.29, 1.82) is 0 Å². The SMILES string of the molecule is COC(CN(C)[C@@H]1CCN(c2ccccc2Cl)C1=O)OC. The summed E-state index contributed by atoms with van der Waals surface area (Å²) < 4.78 is 10.4. The first-order valence-corrected chi connectivity index (χ1v) is 7.28. The molecule has 0 spiro atoms. The Kier molecular flexibility index (Phi) is 5.58. The first-order valence-electron chi connectivity index (χ1n) is 6.90. The number of hydrogen-bond donors (Lipinski definition) is 0. The molecule has 1 heterocycles. The monoisotopic (exact) mass is 312 g/mol. The molecule has 0 bridgehead atoms. The summed E-state index contributed by atoms with van der Waals surface area (Å²) in [5.74, 6) is 0.0663. The van der Waals surface area contributed by atoms with Crippen LogP contribution in [0.15, 0.2) is 24.3 Å². The number of carbonyl (C=O) groups is 1. The van der Waals surface area contributed by atoms with Crippen LogP contribution in [0, 0.1) is 0 Å². The molecule has 1 fully saturated rings. The number of nitrogens with zero attached hydrogens (tertiary/aromatic N) is 2. The van der Waals surface area contributed by atoms with Crippen LogP contribution in [-0.2, 0) is 14.3 Å². The first kappa shape index (κ1) is 16.2. The Labute approximate surface area is 130 Å². The number of hydrogen-bond acceptors (Lipinski definition) is 4. The third-order valence-electron chi connectivity index (χ3n) is 3.82. The smallest absolute Gasteiger partial charge is 0.244 e. The molecule has 1 aromatic carbocycles. The van der Waals surface area contributed by atoms with Crippen molar-refractivity contribution in [1.82, 2.24) is 4.90 Å². The number of anilines is 1. The van der Waals surface area contributed by atoms with Gasteiger partial charge in [0.1, 0.15) is 0 Å². The van der Waals surface area contributed by atoms with Crippen LogP contribution in [0.2, 0.25) is 5.02 Å². The normalized spacial score (nSPS) is 19.0. The number of amides is 1. The van der Waals surface area contributed by atoms with E-state index in [9.17, 15) is 4.79 Å². The number of ether oxygens (including phenoxy) is 2. The summed E-state index contributed by atoms with van der Waals surface area (Å²) in [5, 5.41) is 0.598. The van der Waals surface area contributed by atoms with Crippen molar-refractivity contribution in [2.75, 3.05) is 39.3 Å². The highest BCUT2D eigenvalue weighted by Crippen LogP contribution is 2.30. The van der Waals surface area contributed by atoms with Crippen LogP contribution < -0.4 is 4.90 Å². The van der Waals surface area contributed by atoms with Gasteiger partial charge in [-0.1, -0.05) is 23.7 Å². The predicted molar refractivity (Wildman–Crippen MR) is 82.6 cm³/mol. The van der Waals surface area contributed by atoms with Gasteiger partial charge >= 0.3 is 0 Å². The standard InChI is InChI=1S/C15H21ClN2O3/c1-17(10-14(20-2)21-3)13-8-9-18(15(13)19)12-7-5-4-6-11(12)16/h4-7,13-14H,8-10H2,1-3H3/t13-/m1/s1. The number of carbonyl (C=O) groups excluding carboxylic acids is 1. The zero-order valence-electron chi connectivity index (χ0n) is 12.6. The van der Waals surface area contributed by atoms with Gasteiger partial charge in [0.2, 0.25) is 5.91 Å². The van der Waals surface area contributed by atoms with Crippen LogP contribution in [0.5, 0.6) is 0 Å². The quantitative estimate of drug-likeness (QED) is 0.754. The highest BCUT2D eigenvalue weighted by Gasteiger charge is 2.36. The van der Waals surface area contributed by atoms with E-state index in [0.29, 0.717) is 18.1 Å². The van der Waals surface area contributed by atoms with E-state index in [1.165, 1.54) is 0 Å². The van der Waals surface area contributed by atoms with Crippen molar-refractivity contribution in [3.63, 3.8) is 0 Å². The molecule has 1 amide bonds. The lowest BCUT2D eigenvalue weighted by Gasteiger charge is -2.26. The van der Waals surface area contributed by atoms with E-state index in [0.717, 1.165) is 12.1 Å². The molecule has 0 radical (unpaired) electrons. The van der Waals surface area contributed by atoms with Crippen molar-refractivity contribution < 1.29 is 14.3 Å². The summed E-state index contributed by atoms with van der Waals surface area (Å²) in [7, 11) is 5.09. The zero-order valence-corrected chi connectivity index (χ0v) is 13.3. The van der Waals surface area contributed by atoms with Crippen LogP contribution in [0.1, 0.15) is 6.42 Å². The lowest BCUT2D eigenvalue weighted by Crippen LogP contribution is -2.43. The van der Waals surface area contributed by atoms with Gasteiger partial charge in [0.15, 0.2) is 6.29 Å². The van der Waals surface area contributed by atoms with Crippen molar-refractivity contribution in [2.45, 2.75) is 18.8 Å². The van der Waals surface area contributed by atoms with Crippen LogP contribution in [0.3, 0.4) is 0 Å². The number of likely N-dealkylation sites (N-methyl/N-ethyl adjacent to an activating group) is 1. The van der Waals surface area contributed by atoms with E-state index < -0.39 is 0 Å². The van der Waals surface area contributed by atoms with E-state index in [2.05, 4.69) is 0 Å². The summed E-state index contributed by atoms with van der Waals surface area (Å²) in [4.78, 5) is 16.3. The molecule has 0 aromatic heterocycles. The molecule has 1 aliphatic heterocycles. The number of rotatable bonds is 6. The molecule has 1 aliphatic rings. The van der Waals surface area contributed by atoms with Gasteiger partial charge < -0.3 is 14.4 Å². The van der Waals surface area contributed by atoms with E-state index in [-0.39, 0.29) is 18.2 Å². The fraction of sp³-hybridized carbons (Fsp3) is 0.533. The lowest BCUT2D eigenvalue weighted by atomic mass is 10.2. The van der Waals surface area contributed by atoms with Gasteiger partial charge in [-0.3, -0.25) is 9.69 Å². The maximum absolute atomic E-state index is 12.6. The molecule has 5 nitrogen and oxygen atoms in total. The largest absolute Gasteiger partial charge is 0.355 e. The van der Waals surface area contributed by atoms with Crippen LogP contribution >= 0.6 is 11.6 Å². The second-order valence-electron chi connectivity index (χ2n) is 5.09. The fourth-order valence-electron chi connectivity index (χ4n) is 2.59. The topological polar surface area (TPSA) is 42.0 Å². The van der Waals surface area contributed by atoms with Gasteiger partial charge in [-0.15, -0.1) is 0 Å². The van der Waals surface area contributed by atoms with Crippen molar-refractivity contribution >= 4 is 23.2 Å². The van der Waals surface area contributed by atoms with Crippen LogP contribution in [0.4, 0.5) is 5.69 Å². The Morgan fingerprint density at radius 2 is 2.05 bits per heavy atom. The second kappa shape index (κ2) is 7.22. The number of halogens is 1. The van der Waals surface area contributed by atoms with E-state index in [1.807, 2.05) is 30.1 Å². The first-order chi connectivity index (χ1) is 10.1. The minimum Gasteiger partial charge on any atom is -0.355 e. The highest BCUT2D eigenvalue weighted by atomic mass is 35.5. The summed E-state index contributed by atoms with van der Waals surface area (Å²) in [6, 6.07) is 7.24. The average molecular weight is 313 g/mol. The lowest BCUT2D eigenvalue weighted by molar-refractivity contribution is -0.130. The van der Waals surface area contributed by atoms with Gasteiger partial charge in [0.25, 0.3) is 0 Å². The Balaban J connectivity index is 2.06. The molecule has 1 aromatic rings. The maximum atomic E-state index is 12.6. The summed E-state index contributed by atoms with van der Waals surface area (Å²) >= 11 is 6.18. The fourth-order valence-corrected chi connectivity index (χ4v) is 2.83. The maximum Gasteiger partial charge on any atom is 0.244 e. The Morgan fingerprint density at radius 3 is 2.67 bits per heavy atom. The van der Waals surface area contributed by atoms with Crippen molar-refractivity contribution in [3.8, 4) is 0 Å². The zero-order chi connectivity index (χ0) is 15.4. The van der Waals surface area contributed by atoms with Gasteiger partial charge in [0, 0.05) is 27.3 Å². The number of para-hydroxylation sites is 1. The Bertz CT molecular complexity index is 494. The van der Waals surface area contributed by atoms with E-state index in [1.54, 1.807) is 25.2 Å². The molecule has 6 heteroatoms. The third kappa shape index (κ3) is 3.55. The average Bonchev–Trinajstić information content (AvgIpc) is 2.87. The van der Waals surface area contributed by atoms with Crippen LogP contribution in [-0.4, -0.2) is 57.5 Å². The summed E-state index contributed by atoms with van der Waals surface area (Å²) in [6.07, 6.45) is 0.429. The molecule has 1 saturated heterocycles. The molecular formula is C15H21ClN2O3. The number of methoxy groups -OCH3 is 2. The molecule has 116 valence electrons. The molecule has 0 saturated carbocycles. The molecule has 0 aliphatic carbocycles. The predicted octanol–water partition coefficient (Wildman–Crippen LogP) is 2.00. The van der Waals surface area contributed by atoms with Gasteiger partial charge in [-0.25, -0.2) is 0 Å². The van der Waals surface area contributed by atoms with Crippen molar-refractivity contribution in [2.24, 2.45) is 0 Å². The second-order valence-corrected chi connectivity index (χ2v) is 5.49. The molecule has 21 heavy (non-hydrogen) atoms. The minimum absolute atomic E-state index is 0.0663. The highest BCUT2D eigenvalue weighted by molar-refractivity contribution is 6.33. The number of benzene rings is 1. The van der Waals surface area contributed by atoms with Crippen molar-refractivity contribution in [3.05, 3.63) is 29.3 Å². The Morgan fingerprint density at radius 1 is 1.38 bits per heavy atom. The minimum atomic E-state index is -0.336. The Hall–Kier alpha value is -1.14. The molecule has 0 N–H and O–H groups in total. The van der Waals surface area contributed by atoms with Gasteiger partial charge in [-0.05, 0) is 25.6 Å². The van der Waals surface area contributed by atoms with E-state index in [4.69, 9.17) is 21.1 Å². The van der Waals surface area contributed by atoms with Gasteiger partial charge in [0.05, 0.1) is 16.8 Å². The van der Waals surface area contributed by atoms with Gasteiger partial charge in [-0.2, -0.15) is 0 Å². The van der Waals surface area contributed by atoms with E-state index >= 15 is 0 Å². The summed E-state index contributed by atoms with van der Waals surface area (Å²) in [5.41, 5.74) is 0.773. The third-order valence-corrected chi connectivity index (χ3v) is 4.13. The molecular weight excluding hydrogens is 292 g/mol. The molecule has 1 atom stereocenters. The molecule has 2 rings (SSSR count). The summed E-state index contributed by atoms with van der Waals surface area (Å²) in [6.45, 7) is 1.21. The van der Waals surface area contributed by atoms with Crippen LogP contribution in [0.25, 0.3) is 0 Å². The molecule has 0 unspecified atom stereocenters.